The molecule has 0 saturated carbocycles. The van der Waals surface area contributed by atoms with Crippen molar-refractivity contribution in [1.82, 2.24) is 39.9 Å². The van der Waals surface area contributed by atoms with Crippen LogP contribution in [0.25, 0.3) is 27.9 Å². The SMILES string of the molecule is c1nn(CC2CCCN2)cc1-c1cn2ncc(-c3cn[nH]c3)c2cn1. The average Bonchev–Trinajstić information content (AvgIpc) is 3.41. The van der Waals surface area contributed by atoms with E-state index in [1.54, 1.807) is 6.20 Å². The van der Waals surface area contributed by atoms with Crippen molar-refractivity contribution in [3.05, 3.63) is 43.4 Å². The first-order valence-corrected chi connectivity index (χ1v) is 8.45. The average molecular weight is 334 g/mol. The van der Waals surface area contributed by atoms with E-state index in [0.717, 1.165) is 41.0 Å². The predicted molar refractivity (Wildman–Crippen MR) is 92.8 cm³/mol. The van der Waals surface area contributed by atoms with Gasteiger partial charge in [0.15, 0.2) is 0 Å². The van der Waals surface area contributed by atoms with E-state index in [-0.39, 0.29) is 0 Å². The molecule has 1 atom stereocenters. The first kappa shape index (κ1) is 14.4. The summed E-state index contributed by atoms with van der Waals surface area (Å²) in [5.41, 5.74) is 4.82. The summed E-state index contributed by atoms with van der Waals surface area (Å²) in [5, 5.41) is 19.2. The lowest BCUT2D eigenvalue weighted by atomic mass is 10.2. The molecule has 1 aliphatic heterocycles. The van der Waals surface area contributed by atoms with Crippen LogP contribution in [0, 0.1) is 0 Å². The Bertz CT molecular complexity index is 991. The van der Waals surface area contributed by atoms with Crippen LogP contribution in [0.5, 0.6) is 0 Å². The van der Waals surface area contributed by atoms with Gasteiger partial charge in [0.2, 0.25) is 0 Å². The fourth-order valence-corrected chi connectivity index (χ4v) is 3.39. The molecule has 2 N–H and O–H groups in total. The van der Waals surface area contributed by atoms with Crippen LogP contribution in [-0.4, -0.2) is 47.2 Å². The molecule has 25 heavy (non-hydrogen) atoms. The Labute approximate surface area is 143 Å². The van der Waals surface area contributed by atoms with Gasteiger partial charge in [0.25, 0.3) is 0 Å². The summed E-state index contributed by atoms with van der Waals surface area (Å²) in [4.78, 5) is 4.60. The zero-order valence-corrected chi connectivity index (χ0v) is 13.6. The predicted octanol–water partition coefficient (Wildman–Crippen LogP) is 1.73. The second-order valence-corrected chi connectivity index (χ2v) is 6.39. The Balaban J connectivity index is 1.44. The van der Waals surface area contributed by atoms with Crippen LogP contribution in [0.2, 0.25) is 0 Å². The van der Waals surface area contributed by atoms with Crippen molar-refractivity contribution in [2.45, 2.75) is 25.4 Å². The Morgan fingerprint density at radius 1 is 1.08 bits per heavy atom. The highest BCUT2D eigenvalue weighted by atomic mass is 15.3. The minimum atomic E-state index is 0.520. The number of hydrogen-bond donors (Lipinski definition) is 2. The summed E-state index contributed by atoms with van der Waals surface area (Å²) >= 11 is 0. The maximum atomic E-state index is 4.60. The van der Waals surface area contributed by atoms with Gasteiger partial charge in [-0.05, 0) is 19.4 Å². The highest BCUT2D eigenvalue weighted by Gasteiger charge is 2.15. The van der Waals surface area contributed by atoms with Crippen LogP contribution in [0.15, 0.2) is 43.4 Å². The van der Waals surface area contributed by atoms with Crippen molar-refractivity contribution in [1.29, 1.82) is 0 Å². The van der Waals surface area contributed by atoms with Gasteiger partial charge in [0.1, 0.15) is 0 Å². The minimum Gasteiger partial charge on any atom is -0.312 e. The number of nitrogens with one attached hydrogen (secondary N) is 2. The molecular formula is C17H18N8. The van der Waals surface area contributed by atoms with E-state index in [1.165, 1.54) is 12.8 Å². The molecule has 0 aromatic carbocycles. The van der Waals surface area contributed by atoms with Gasteiger partial charge in [0.05, 0.1) is 48.7 Å². The lowest BCUT2D eigenvalue weighted by Crippen LogP contribution is -2.26. The van der Waals surface area contributed by atoms with Crippen molar-refractivity contribution < 1.29 is 0 Å². The summed E-state index contributed by atoms with van der Waals surface area (Å²) < 4.78 is 3.84. The van der Waals surface area contributed by atoms with Crippen LogP contribution < -0.4 is 5.32 Å². The summed E-state index contributed by atoms with van der Waals surface area (Å²) in [5.74, 6) is 0. The summed E-state index contributed by atoms with van der Waals surface area (Å²) in [6.45, 7) is 2.00. The third kappa shape index (κ3) is 2.60. The quantitative estimate of drug-likeness (QED) is 0.593. The smallest absolute Gasteiger partial charge is 0.0924 e. The normalized spacial score (nSPS) is 17.5. The standard InChI is InChI=1S/C17H18N8/c1-2-14(18-3-1)10-24-9-13(6-22-24)16-11-25-17(8-19-16)15(7-23-25)12-4-20-21-5-12/h4-9,11,14,18H,1-3,10H2,(H,20,21). The van der Waals surface area contributed by atoms with Gasteiger partial charge in [-0.2, -0.15) is 15.3 Å². The molecule has 0 radical (unpaired) electrons. The number of aromatic amines is 1. The molecule has 8 nitrogen and oxygen atoms in total. The Kier molecular flexibility index (Phi) is 3.34. The summed E-state index contributed by atoms with van der Waals surface area (Å²) in [6, 6.07) is 0.520. The van der Waals surface area contributed by atoms with Gasteiger partial charge >= 0.3 is 0 Å². The van der Waals surface area contributed by atoms with Gasteiger partial charge < -0.3 is 5.32 Å². The monoisotopic (exact) mass is 334 g/mol. The second kappa shape index (κ2) is 5.82. The van der Waals surface area contributed by atoms with E-state index < -0.39 is 0 Å². The number of fused-ring (bicyclic) bond motifs is 1. The van der Waals surface area contributed by atoms with E-state index in [4.69, 9.17) is 0 Å². The fraction of sp³-hybridized carbons (Fsp3) is 0.294. The highest BCUT2D eigenvalue weighted by molar-refractivity contribution is 5.79. The van der Waals surface area contributed by atoms with E-state index in [0.29, 0.717) is 6.04 Å². The van der Waals surface area contributed by atoms with Crippen molar-refractivity contribution in [3.8, 4) is 22.4 Å². The third-order valence-corrected chi connectivity index (χ3v) is 4.71. The van der Waals surface area contributed by atoms with Crippen molar-refractivity contribution in [2.24, 2.45) is 0 Å². The van der Waals surface area contributed by atoms with Crippen LogP contribution in [0.3, 0.4) is 0 Å². The highest BCUT2D eigenvalue weighted by Crippen LogP contribution is 2.24. The molecular weight excluding hydrogens is 316 g/mol. The van der Waals surface area contributed by atoms with E-state index in [1.807, 2.05) is 40.2 Å². The molecule has 4 aromatic heterocycles. The number of rotatable bonds is 4. The molecule has 8 heteroatoms. The largest absolute Gasteiger partial charge is 0.312 e. The molecule has 1 saturated heterocycles. The van der Waals surface area contributed by atoms with Gasteiger partial charge in [-0.15, -0.1) is 0 Å². The summed E-state index contributed by atoms with van der Waals surface area (Å²) in [7, 11) is 0. The number of aromatic nitrogens is 7. The van der Waals surface area contributed by atoms with Crippen molar-refractivity contribution in [3.63, 3.8) is 0 Å². The van der Waals surface area contributed by atoms with E-state index in [2.05, 4.69) is 36.9 Å². The Morgan fingerprint density at radius 2 is 2.08 bits per heavy atom. The fourth-order valence-electron chi connectivity index (χ4n) is 3.39. The van der Waals surface area contributed by atoms with Gasteiger partial charge in [-0.1, -0.05) is 0 Å². The molecule has 1 fully saturated rings. The van der Waals surface area contributed by atoms with Crippen LogP contribution in [0.1, 0.15) is 12.8 Å². The number of H-pyrrole nitrogens is 1. The Hall–Kier alpha value is -3.00. The molecule has 4 aromatic rings. The molecule has 0 aliphatic carbocycles. The maximum absolute atomic E-state index is 4.60. The van der Waals surface area contributed by atoms with Gasteiger partial charge in [-0.25, -0.2) is 4.52 Å². The lowest BCUT2D eigenvalue weighted by molar-refractivity contribution is 0.476. The molecule has 0 bridgehead atoms. The first-order valence-electron chi connectivity index (χ1n) is 8.45. The van der Waals surface area contributed by atoms with Crippen molar-refractivity contribution >= 4 is 5.52 Å². The molecule has 0 spiro atoms. The van der Waals surface area contributed by atoms with Crippen LogP contribution >= 0.6 is 0 Å². The molecule has 5 heterocycles. The topological polar surface area (TPSA) is 88.7 Å². The third-order valence-electron chi connectivity index (χ3n) is 4.71. The Morgan fingerprint density at radius 3 is 2.92 bits per heavy atom. The lowest BCUT2D eigenvalue weighted by Gasteiger charge is -2.09. The maximum Gasteiger partial charge on any atom is 0.0924 e. The molecule has 126 valence electrons. The number of hydrogen-bond acceptors (Lipinski definition) is 5. The molecule has 1 aliphatic rings. The van der Waals surface area contributed by atoms with E-state index >= 15 is 0 Å². The van der Waals surface area contributed by atoms with Gasteiger partial charge in [0, 0.05) is 35.1 Å². The zero-order chi connectivity index (χ0) is 16.6. The summed E-state index contributed by atoms with van der Waals surface area (Å²) in [6.07, 6.45) is 15.6. The van der Waals surface area contributed by atoms with Gasteiger partial charge in [-0.3, -0.25) is 14.8 Å². The zero-order valence-electron chi connectivity index (χ0n) is 13.6. The van der Waals surface area contributed by atoms with E-state index in [9.17, 15) is 0 Å². The molecule has 0 amide bonds. The molecule has 5 rings (SSSR count). The molecule has 1 unspecified atom stereocenters. The number of nitrogens with zero attached hydrogens (tertiary/aromatic N) is 6. The second-order valence-electron chi connectivity index (χ2n) is 6.39. The van der Waals surface area contributed by atoms with Crippen LogP contribution in [-0.2, 0) is 6.54 Å². The minimum absolute atomic E-state index is 0.520. The van der Waals surface area contributed by atoms with Crippen LogP contribution in [0.4, 0.5) is 0 Å². The first-order chi connectivity index (χ1) is 12.4. The van der Waals surface area contributed by atoms with Crippen molar-refractivity contribution in [2.75, 3.05) is 6.54 Å².